The monoisotopic (exact) mass is 532 g/mol. The molecule has 198 valence electrons. The lowest BCUT2D eigenvalue weighted by Gasteiger charge is -2.28. The number of aliphatic hydroxyl groups is 2. The van der Waals surface area contributed by atoms with Gasteiger partial charge in [0, 0.05) is 19.2 Å². The Labute approximate surface area is 219 Å². The number of nitrogens with one attached hydrogen (secondary N) is 1. The standard InChI is InChI=1S/C27H30ClFN2O6/c1-31(25(34)12-10-19-7-4-8-24(29)26(19)28)22(15-36-17-23(33)14-32)16-37-27(35)30-21-11-9-18-5-2-3-6-20(18)13-21/h2-9,11,13,22-23,32-33H,10,12,14-17H2,1H3,(H,30,35)/t22-,23+/m0/s1. The van der Waals surface area contributed by atoms with Crippen LogP contribution in [-0.4, -0.2) is 72.7 Å². The Balaban J connectivity index is 1.59. The van der Waals surface area contributed by atoms with Gasteiger partial charge in [0.05, 0.1) is 30.9 Å². The summed E-state index contributed by atoms with van der Waals surface area (Å²) in [6.07, 6.45) is -1.52. The Hall–Kier alpha value is -3.24. The highest BCUT2D eigenvalue weighted by Gasteiger charge is 2.23. The summed E-state index contributed by atoms with van der Waals surface area (Å²) in [5, 5.41) is 23.2. The topological polar surface area (TPSA) is 108 Å². The zero-order chi connectivity index (χ0) is 26.8. The maximum atomic E-state index is 13.7. The SMILES string of the molecule is CN(C(=O)CCc1cccc(F)c1Cl)[C@@H](COC[C@H](O)CO)COC(=O)Nc1ccc2ccccc2c1. The first-order valence-electron chi connectivity index (χ1n) is 11.8. The molecule has 0 aliphatic heterocycles. The summed E-state index contributed by atoms with van der Waals surface area (Å²) in [5.74, 6) is -0.852. The third-order valence-electron chi connectivity index (χ3n) is 5.81. The molecule has 0 spiro atoms. The number of anilines is 1. The summed E-state index contributed by atoms with van der Waals surface area (Å²) in [6, 6.07) is 16.9. The van der Waals surface area contributed by atoms with Crippen LogP contribution in [-0.2, 0) is 20.7 Å². The summed E-state index contributed by atoms with van der Waals surface area (Å²) in [7, 11) is 1.54. The second-order valence-electron chi connectivity index (χ2n) is 8.53. The Kier molecular flexibility index (Phi) is 10.6. The van der Waals surface area contributed by atoms with E-state index in [1.807, 2.05) is 36.4 Å². The van der Waals surface area contributed by atoms with E-state index in [0.29, 0.717) is 11.3 Å². The van der Waals surface area contributed by atoms with E-state index >= 15 is 0 Å². The number of ether oxygens (including phenoxy) is 2. The molecule has 3 aromatic rings. The number of hydrogen-bond donors (Lipinski definition) is 3. The number of benzene rings is 3. The number of nitrogens with zero attached hydrogens (tertiary/aromatic N) is 1. The molecule has 2 atom stereocenters. The molecule has 2 amide bonds. The molecule has 3 N–H and O–H groups in total. The lowest BCUT2D eigenvalue weighted by Crippen LogP contribution is -2.44. The molecule has 0 heterocycles. The second kappa shape index (κ2) is 13.9. The lowest BCUT2D eigenvalue weighted by atomic mass is 10.1. The van der Waals surface area contributed by atoms with Crippen LogP contribution in [0.5, 0.6) is 0 Å². The van der Waals surface area contributed by atoms with Crippen molar-refractivity contribution in [2.24, 2.45) is 0 Å². The van der Waals surface area contributed by atoms with Gasteiger partial charge >= 0.3 is 6.09 Å². The Bertz CT molecular complexity index is 1210. The smallest absolute Gasteiger partial charge is 0.411 e. The van der Waals surface area contributed by atoms with Crippen LogP contribution in [0.3, 0.4) is 0 Å². The van der Waals surface area contributed by atoms with Crippen molar-refractivity contribution in [3.8, 4) is 0 Å². The number of likely N-dealkylation sites (N-methyl/N-ethyl adjacent to an activating group) is 1. The van der Waals surface area contributed by atoms with Crippen molar-refractivity contribution < 1.29 is 33.7 Å². The molecule has 37 heavy (non-hydrogen) atoms. The molecule has 0 aliphatic carbocycles. The van der Waals surface area contributed by atoms with Crippen molar-refractivity contribution in [2.75, 3.05) is 38.8 Å². The highest BCUT2D eigenvalue weighted by molar-refractivity contribution is 6.31. The number of carbonyl (C=O) groups is 2. The molecular formula is C27H30ClFN2O6. The Morgan fingerprint density at radius 2 is 1.81 bits per heavy atom. The molecule has 0 saturated heterocycles. The van der Waals surface area contributed by atoms with Gasteiger partial charge in [0.2, 0.25) is 5.91 Å². The quantitative estimate of drug-likeness (QED) is 0.325. The van der Waals surface area contributed by atoms with Gasteiger partial charge in [0.15, 0.2) is 0 Å². The zero-order valence-corrected chi connectivity index (χ0v) is 21.2. The summed E-state index contributed by atoms with van der Waals surface area (Å²) in [6.45, 7) is -0.865. The number of amides is 2. The first-order valence-corrected chi connectivity index (χ1v) is 12.1. The number of aliphatic hydroxyl groups excluding tert-OH is 2. The largest absolute Gasteiger partial charge is 0.447 e. The maximum Gasteiger partial charge on any atom is 0.411 e. The van der Waals surface area contributed by atoms with Gasteiger partial charge in [-0.2, -0.15) is 0 Å². The second-order valence-corrected chi connectivity index (χ2v) is 8.91. The molecule has 0 fully saturated rings. The van der Waals surface area contributed by atoms with Crippen LogP contribution in [0.4, 0.5) is 14.9 Å². The van der Waals surface area contributed by atoms with E-state index in [9.17, 15) is 19.1 Å². The molecule has 0 saturated carbocycles. The van der Waals surface area contributed by atoms with Crippen LogP contribution in [0.15, 0.2) is 60.7 Å². The molecule has 0 aliphatic rings. The molecule has 3 rings (SSSR count). The molecule has 10 heteroatoms. The normalized spacial score (nSPS) is 12.7. The summed E-state index contributed by atoms with van der Waals surface area (Å²) in [5.41, 5.74) is 1.06. The van der Waals surface area contributed by atoms with Crippen molar-refractivity contribution in [3.63, 3.8) is 0 Å². The van der Waals surface area contributed by atoms with Crippen LogP contribution in [0.1, 0.15) is 12.0 Å². The number of hydrogen-bond acceptors (Lipinski definition) is 6. The predicted molar refractivity (Wildman–Crippen MR) is 139 cm³/mol. The summed E-state index contributed by atoms with van der Waals surface area (Å²) >= 11 is 5.99. The van der Waals surface area contributed by atoms with Gasteiger partial charge in [0.1, 0.15) is 18.5 Å². The van der Waals surface area contributed by atoms with E-state index in [2.05, 4.69) is 5.32 Å². The third-order valence-corrected chi connectivity index (χ3v) is 6.24. The van der Waals surface area contributed by atoms with Gasteiger partial charge in [0.25, 0.3) is 0 Å². The minimum Gasteiger partial charge on any atom is -0.447 e. The molecule has 8 nitrogen and oxygen atoms in total. The highest BCUT2D eigenvalue weighted by atomic mass is 35.5. The van der Waals surface area contributed by atoms with Crippen molar-refractivity contribution in [3.05, 3.63) is 77.1 Å². The fraction of sp³-hybridized carbons (Fsp3) is 0.333. The van der Waals surface area contributed by atoms with E-state index in [4.69, 9.17) is 26.2 Å². The molecule has 0 bridgehead atoms. The van der Waals surface area contributed by atoms with Crippen LogP contribution >= 0.6 is 11.6 Å². The van der Waals surface area contributed by atoms with Gasteiger partial charge in [-0.15, -0.1) is 0 Å². The van der Waals surface area contributed by atoms with E-state index < -0.39 is 30.7 Å². The number of aryl methyl sites for hydroxylation is 1. The van der Waals surface area contributed by atoms with Gasteiger partial charge in [-0.25, -0.2) is 9.18 Å². The first-order chi connectivity index (χ1) is 17.8. The zero-order valence-electron chi connectivity index (χ0n) is 20.4. The van der Waals surface area contributed by atoms with E-state index in [1.165, 1.54) is 24.1 Å². The molecule has 0 aromatic heterocycles. The van der Waals surface area contributed by atoms with E-state index in [1.54, 1.807) is 12.1 Å². The molecular weight excluding hydrogens is 503 g/mol. The number of fused-ring (bicyclic) bond motifs is 1. The number of halogens is 2. The third kappa shape index (κ3) is 8.40. The Morgan fingerprint density at radius 1 is 1.05 bits per heavy atom. The fourth-order valence-corrected chi connectivity index (χ4v) is 3.84. The first kappa shape index (κ1) is 28.3. The average molecular weight is 533 g/mol. The molecule has 3 aromatic carbocycles. The van der Waals surface area contributed by atoms with Crippen LogP contribution in [0.25, 0.3) is 10.8 Å². The maximum absolute atomic E-state index is 13.7. The minimum absolute atomic E-state index is 0.0236. The van der Waals surface area contributed by atoms with Gasteiger partial charge in [-0.3, -0.25) is 10.1 Å². The van der Waals surface area contributed by atoms with Crippen molar-refractivity contribution in [1.29, 1.82) is 0 Å². The van der Waals surface area contributed by atoms with Crippen molar-refractivity contribution >= 4 is 40.1 Å². The fourth-order valence-electron chi connectivity index (χ4n) is 3.62. The predicted octanol–water partition coefficient (Wildman–Crippen LogP) is 4.01. The van der Waals surface area contributed by atoms with Crippen LogP contribution in [0, 0.1) is 5.82 Å². The average Bonchev–Trinajstić information content (AvgIpc) is 2.90. The van der Waals surface area contributed by atoms with E-state index in [-0.39, 0.29) is 43.6 Å². The molecule has 0 radical (unpaired) electrons. The van der Waals surface area contributed by atoms with Crippen molar-refractivity contribution in [2.45, 2.75) is 25.0 Å². The highest BCUT2D eigenvalue weighted by Crippen LogP contribution is 2.22. The van der Waals surface area contributed by atoms with Crippen molar-refractivity contribution in [1.82, 2.24) is 4.90 Å². The number of rotatable bonds is 12. The van der Waals surface area contributed by atoms with Gasteiger partial charge < -0.3 is 24.6 Å². The number of carbonyl (C=O) groups excluding carboxylic acids is 2. The van der Waals surface area contributed by atoms with Gasteiger partial charge in [-0.05, 0) is 41.0 Å². The lowest BCUT2D eigenvalue weighted by molar-refractivity contribution is -0.134. The van der Waals surface area contributed by atoms with Gasteiger partial charge in [-0.1, -0.05) is 54.1 Å². The Morgan fingerprint density at radius 3 is 2.57 bits per heavy atom. The van der Waals surface area contributed by atoms with E-state index in [0.717, 1.165) is 10.8 Å². The van der Waals surface area contributed by atoms with Crippen LogP contribution in [0.2, 0.25) is 5.02 Å². The van der Waals surface area contributed by atoms with Crippen LogP contribution < -0.4 is 5.32 Å². The summed E-state index contributed by atoms with van der Waals surface area (Å²) < 4.78 is 24.5. The minimum atomic E-state index is -1.08. The molecule has 0 unspecified atom stereocenters. The summed E-state index contributed by atoms with van der Waals surface area (Å²) in [4.78, 5) is 26.7.